The number of carbonyl (C=O) groups is 2. The van der Waals surface area contributed by atoms with Crippen molar-refractivity contribution in [2.45, 2.75) is 32.2 Å². The quantitative estimate of drug-likeness (QED) is 0.320. The normalized spacial score (nSPS) is 12.0. The highest BCUT2D eigenvalue weighted by atomic mass is 79.9. The fraction of sp³-hybridized carbons (Fsp3) is 0.333. The lowest BCUT2D eigenvalue weighted by molar-refractivity contribution is -0.139. The number of carbonyl (C=O) groups excluding carboxylic acids is 2. The Morgan fingerprint density at radius 3 is 2.37 bits per heavy atom. The fourth-order valence-electron chi connectivity index (χ4n) is 2.54. The van der Waals surface area contributed by atoms with Crippen LogP contribution in [0.2, 0.25) is 0 Å². The third kappa shape index (κ3) is 6.47. The van der Waals surface area contributed by atoms with E-state index in [1.807, 2.05) is 20.1 Å². The number of rotatable bonds is 8. The first kappa shape index (κ1) is 24.7. The zero-order valence-electron chi connectivity index (χ0n) is 16.8. The predicted molar refractivity (Wildman–Crippen MR) is 126 cm³/mol. The molecule has 30 heavy (non-hydrogen) atoms. The van der Waals surface area contributed by atoms with Crippen LogP contribution in [-0.2, 0) is 9.53 Å². The Bertz CT molecular complexity index is 913. The van der Waals surface area contributed by atoms with Gasteiger partial charge in [0.1, 0.15) is 17.5 Å². The van der Waals surface area contributed by atoms with E-state index in [9.17, 15) is 14.7 Å². The van der Waals surface area contributed by atoms with Crippen LogP contribution in [0.25, 0.3) is 0 Å². The van der Waals surface area contributed by atoms with Gasteiger partial charge in [0.2, 0.25) is 0 Å². The van der Waals surface area contributed by atoms with Gasteiger partial charge in [0.05, 0.1) is 14.5 Å². The van der Waals surface area contributed by atoms with E-state index in [1.165, 1.54) is 12.1 Å². The monoisotopic (exact) mass is 559 g/mol. The van der Waals surface area contributed by atoms with Gasteiger partial charge in [0.15, 0.2) is 5.75 Å². The number of phenolic OH excluding ortho intramolecular Hbond substituents is 1. The van der Waals surface area contributed by atoms with Crippen LogP contribution in [0.3, 0.4) is 0 Å². The Morgan fingerprint density at radius 2 is 1.80 bits per heavy atom. The lowest BCUT2D eigenvalue weighted by Crippen LogP contribution is -2.34. The summed E-state index contributed by atoms with van der Waals surface area (Å²) in [7, 11) is 0. The molecule has 2 aromatic rings. The van der Waals surface area contributed by atoms with E-state index in [1.54, 1.807) is 30.0 Å². The number of esters is 2. The first-order valence-electron chi connectivity index (χ1n) is 9.14. The van der Waals surface area contributed by atoms with E-state index in [0.29, 0.717) is 32.6 Å². The molecule has 0 aliphatic carbocycles. The molecule has 0 bridgehead atoms. The van der Waals surface area contributed by atoms with Gasteiger partial charge in [-0.1, -0.05) is 13.8 Å². The molecule has 0 aliphatic rings. The molecule has 0 heterocycles. The maximum atomic E-state index is 12.4. The summed E-state index contributed by atoms with van der Waals surface area (Å²) < 4.78 is 11.8. The largest absolute Gasteiger partial charge is 0.508 e. The smallest absolute Gasteiger partial charge is 0.345 e. The molecule has 0 fully saturated rings. The first-order chi connectivity index (χ1) is 14.1. The van der Waals surface area contributed by atoms with Crippen molar-refractivity contribution < 1.29 is 24.2 Å². The zero-order valence-corrected chi connectivity index (χ0v) is 20.8. The van der Waals surface area contributed by atoms with Gasteiger partial charge in [-0.15, -0.1) is 0 Å². The predicted octanol–water partition coefficient (Wildman–Crippen LogP) is 5.60. The summed E-state index contributed by atoms with van der Waals surface area (Å²) in [6.45, 7) is 3.94. The van der Waals surface area contributed by atoms with Gasteiger partial charge < -0.3 is 20.3 Å². The number of hydrogen-bond acceptors (Lipinski definition) is 7. The first-order valence-corrected chi connectivity index (χ1v) is 12.1. The Kier molecular flexibility index (Phi) is 9.21. The highest BCUT2D eigenvalue weighted by Crippen LogP contribution is 2.39. The number of benzene rings is 2. The van der Waals surface area contributed by atoms with Crippen LogP contribution in [0.1, 0.15) is 42.1 Å². The van der Waals surface area contributed by atoms with Gasteiger partial charge in [-0.2, -0.15) is 11.8 Å². The zero-order chi connectivity index (χ0) is 22.4. The van der Waals surface area contributed by atoms with Gasteiger partial charge in [0, 0.05) is 5.56 Å². The van der Waals surface area contributed by atoms with Crippen molar-refractivity contribution in [3.8, 4) is 17.2 Å². The molecule has 0 saturated heterocycles. The Morgan fingerprint density at radius 1 is 1.17 bits per heavy atom. The molecule has 9 heteroatoms. The molecule has 1 atom stereocenters. The van der Waals surface area contributed by atoms with Crippen LogP contribution in [0.15, 0.2) is 39.3 Å². The molecular weight excluding hydrogens is 538 g/mol. The summed E-state index contributed by atoms with van der Waals surface area (Å²) in [6.07, 6.45) is 2.34. The van der Waals surface area contributed by atoms with Crippen molar-refractivity contribution in [1.29, 1.82) is 0 Å². The number of hydrogen-bond donors (Lipinski definition) is 2. The second kappa shape index (κ2) is 11.2. The maximum Gasteiger partial charge on any atom is 0.345 e. The number of aromatic hydroxyl groups is 1. The molecule has 6 nitrogen and oxygen atoms in total. The van der Waals surface area contributed by atoms with E-state index in [2.05, 4.69) is 31.9 Å². The van der Waals surface area contributed by atoms with Gasteiger partial charge in [0.25, 0.3) is 0 Å². The minimum absolute atomic E-state index is 0.123. The topological polar surface area (TPSA) is 98.9 Å². The molecule has 2 aromatic carbocycles. The van der Waals surface area contributed by atoms with E-state index < -0.39 is 18.0 Å². The number of thioether (sulfide) groups is 1. The molecule has 2 rings (SSSR count). The summed E-state index contributed by atoms with van der Waals surface area (Å²) >= 11 is 8.34. The molecule has 0 saturated carbocycles. The molecule has 0 spiro atoms. The molecule has 0 amide bonds. The average Bonchev–Trinajstić information content (AvgIpc) is 2.69. The van der Waals surface area contributed by atoms with Gasteiger partial charge in [-0.3, -0.25) is 0 Å². The SMILES string of the molecule is CSCC[C@H](N)C(=O)OC(=O)c1cc(Br)c(Oc2ccc(O)c(C(C)C)c2)c(Br)c1. The second-order valence-electron chi connectivity index (χ2n) is 6.84. The van der Waals surface area contributed by atoms with Crippen molar-refractivity contribution >= 4 is 55.6 Å². The number of phenols is 1. The Balaban J connectivity index is 2.18. The van der Waals surface area contributed by atoms with E-state index >= 15 is 0 Å². The van der Waals surface area contributed by atoms with Gasteiger partial charge in [-0.25, -0.2) is 9.59 Å². The van der Waals surface area contributed by atoms with Crippen LogP contribution < -0.4 is 10.5 Å². The molecule has 162 valence electrons. The molecule has 0 radical (unpaired) electrons. The summed E-state index contributed by atoms with van der Waals surface area (Å²) in [6, 6.07) is 7.15. The minimum Gasteiger partial charge on any atom is -0.508 e. The molecule has 0 aromatic heterocycles. The van der Waals surface area contributed by atoms with Crippen LogP contribution in [0.4, 0.5) is 0 Å². The number of nitrogens with two attached hydrogens (primary N) is 1. The van der Waals surface area contributed by atoms with Crippen molar-refractivity contribution in [2.24, 2.45) is 5.73 Å². The van der Waals surface area contributed by atoms with Crippen LogP contribution in [0.5, 0.6) is 17.2 Å². The Labute approximate surface area is 196 Å². The summed E-state index contributed by atoms with van der Waals surface area (Å²) in [5, 5.41) is 9.97. The van der Waals surface area contributed by atoms with Crippen molar-refractivity contribution in [3.63, 3.8) is 0 Å². The van der Waals surface area contributed by atoms with Crippen molar-refractivity contribution in [3.05, 3.63) is 50.4 Å². The molecule has 0 aliphatic heterocycles. The minimum atomic E-state index is -0.847. The lowest BCUT2D eigenvalue weighted by Gasteiger charge is -2.15. The van der Waals surface area contributed by atoms with E-state index in [0.717, 1.165) is 5.56 Å². The fourth-order valence-corrected chi connectivity index (χ4v) is 4.38. The maximum absolute atomic E-state index is 12.4. The Hall–Kier alpha value is -1.55. The van der Waals surface area contributed by atoms with Gasteiger partial charge >= 0.3 is 11.9 Å². The van der Waals surface area contributed by atoms with E-state index in [4.69, 9.17) is 15.2 Å². The van der Waals surface area contributed by atoms with E-state index in [-0.39, 0.29) is 17.2 Å². The molecular formula is C21H23Br2NO5S. The van der Waals surface area contributed by atoms with Crippen LogP contribution >= 0.6 is 43.6 Å². The molecule has 0 unspecified atom stereocenters. The summed E-state index contributed by atoms with van der Waals surface area (Å²) in [5.41, 5.74) is 6.67. The number of halogens is 2. The van der Waals surface area contributed by atoms with Crippen molar-refractivity contribution in [2.75, 3.05) is 12.0 Å². The van der Waals surface area contributed by atoms with Crippen LogP contribution in [0, 0.1) is 0 Å². The molecule has 3 N–H and O–H groups in total. The standard InChI is InChI=1S/C21H23Br2NO5S/c1-11(2)14-10-13(4-5-18(14)25)28-19-15(22)8-12(9-16(19)23)20(26)29-21(27)17(24)6-7-30-3/h4-5,8-11,17,25H,6-7,24H2,1-3H3/t17-/m0/s1. The summed E-state index contributed by atoms with van der Waals surface area (Å²) in [5.74, 6) is 0.444. The van der Waals surface area contributed by atoms with Gasteiger partial charge in [-0.05, 0) is 86.5 Å². The average molecular weight is 561 g/mol. The third-order valence-electron chi connectivity index (χ3n) is 4.20. The number of ether oxygens (including phenoxy) is 2. The second-order valence-corrected chi connectivity index (χ2v) is 9.54. The highest BCUT2D eigenvalue weighted by molar-refractivity contribution is 9.11. The lowest BCUT2D eigenvalue weighted by atomic mass is 10.0. The third-order valence-corrected chi connectivity index (χ3v) is 6.03. The van der Waals surface area contributed by atoms with Crippen molar-refractivity contribution in [1.82, 2.24) is 0 Å². The summed E-state index contributed by atoms with van der Waals surface area (Å²) in [4.78, 5) is 24.3. The highest BCUT2D eigenvalue weighted by Gasteiger charge is 2.22. The van der Waals surface area contributed by atoms with Crippen LogP contribution in [-0.4, -0.2) is 35.1 Å².